The van der Waals surface area contributed by atoms with Crippen LogP contribution in [0.3, 0.4) is 0 Å². The van der Waals surface area contributed by atoms with Crippen LogP contribution in [-0.2, 0) is 6.16 Å². The zero-order valence-corrected chi connectivity index (χ0v) is 16.2. The number of primary amides is 1. The van der Waals surface area contributed by atoms with Crippen LogP contribution in [0.1, 0.15) is 5.56 Å². The monoisotopic (exact) mass is 447 g/mol. The lowest BCUT2D eigenvalue weighted by Gasteiger charge is -2.23. The first-order valence-corrected chi connectivity index (χ1v) is 9.54. The summed E-state index contributed by atoms with van der Waals surface area (Å²) in [5.74, 6) is 0. The van der Waals surface area contributed by atoms with Crippen LogP contribution in [0.15, 0.2) is 91.0 Å². The van der Waals surface area contributed by atoms with E-state index in [1.807, 2.05) is 78.9 Å². The van der Waals surface area contributed by atoms with Crippen LogP contribution in [0.2, 0.25) is 0 Å². The van der Waals surface area contributed by atoms with Crippen molar-refractivity contribution in [1.29, 1.82) is 0 Å². The second kappa shape index (κ2) is 8.41. The highest BCUT2D eigenvalue weighted by atomic mass is 127. The van der Waals surface area contributed by atoms with Gasteiger partial charge in [-0.3, -0.25) is 0 Å². The smallest absolute Gasteiger partial charge is 0.367 e. The summed E-state index contributed by atoms with van der Waals surface area (Å²) in [6, 6.07) is 30.0. The lowest BCUT2D eigenvalue weighted by atomic mass is 10.2. The number of amides is 1. The number of benzene rings is 3. The van der Waals surface area contributed by atoms with Crippen LogP contribution in [0, 0.1) is 0 Å². The first kappa shape index (κ1) is 18.6. The van der Waals surface area contributed by atoms with E-state index in [0.29, 0.717) is 6.16 Å². The molecule has 2 N–H and O–H groups in total. The Balaban J connectivity index is 0.00000208. The van der Waals surface area contributed by atoms with Crippen LogP contribution in [0.5, 0.6) is 0 Å². The number of hydrogen-bond donors (Lipinski definition) is 1. The number of halogens is 1. The first-order valence-electron chi connectivity index (χ1n) is 7.57. The minimum atomic E-state index is -2.36. The van der Waals surface area contributed by atoms with E-state index in [1.54, 1.807) is 0 Å². The minimum Gasteiger partial charge on any atom is -1.00 e. The molecule has 1 amide bonds. The number of nitrogens with two attached hydrogens (primary N) is 1. The Morgan fingerprint density at radius 1 is 0.708 bits per heavy atom. The lowest BCUT2D eigenvalue weighted by Crippen LogP contribution is -3.00. The van der Waals surface area contributed by atoms with Gasteiger partial charge in [-0.1, -0.05) is 66.7 Å². The van der Waals surface area contributed by atoms with E-state index in [-0.39, 0.29) is 29.6 Å². The van der Waals surface area contributed by atoms with Gasteiger partial charge in [-0.05, 0) is 29.8 Å². The molecule has 24 heavy (non-hydrogen) atoms. The second-order valence-electron chi connectivity index (χ2n) is 5.46. The zero-order valence-electron chi connectivity index (χ0n) is 13.2. The van der Waals surface area contributed by atoms with Gasteiger partial charge < -0.3 is 29.7 Å². The molecule has 0 bridgehead atoms. The van der Waals surface area contributed by atoms with Crippen molar-refractivity contribution in [2.24, 2.45) is 5.73 Å². The molecule has 3 aromatic carbocycles. The summed E-state index contributed by atoms with van der Waals surface area (Å²) in [6.07, 6.45) is 0.650. The summed E-state index contributed by atoms with van der Waals surface area (Å²) in [7, 11) is -2.36. The van der Waals surface area contributed by atoms with Gasteiger partial charge in [0.15, 0.2) is 7.26 Å². The fourth-order valence-electron chi connectivity index (χ4n) is 2.89. The maximum absolute atomic E-state index is 12.7. The molecule has 0 aliphatic heterocycles. The van der Waals surface area contributed by atoms with Crippen molar-refractivity contribution >= 4 is 23.5 Å². The summed E-state index contributed by atoms with van der Waals surface area (Å²) in [4.78, 5) is 12.7. The van der Waals surface area contributed by atoms with Crippen molar-refractivity contribution in [2.75, 3.05) is 0 Å². The molecule has 0 aromatic heterocycles. The molecule has 3 aromatic rings. The molecule has 0 atom stereocenters. The Kier molecular flexibility index (Phi) is 6.52. The molecule has 0 aliphatic carbocycles. The van der Waals surface area contributed by atoms with Gasteiger partial charge in [0.2, 0.25) is 0 Å². The Morgan fingerprint density at radius 2 is 1.08 bits per heavy atom. The third-order valence-corrected chi connectivity index (χ3v) is 7.98. The van der Waals surface area contributed by atoms with E-state index >= 15 is 0 Å². The van der Waals surface area contributed by atoms with Gasteiger partial charge in [0.1, 0.15) is 16.8 Å². The van der Waals surface area contributed by atoms with Crippen LogP contribution in [-0.4, -0.2) is 5.65 Å². The van der Waals surface area contributed by atoms with Crippen LogP contribution in [0.25, 0.3) is 0 Å². The van der Waals surface area contributed by atoms with E-state index in [9.17, 15) is 4.79 Å². The summed E-state index contributed by atoms with van der Waals surface area (Å²) in [5, 5.41) is 2.06. The van der Waals surface area contributed by atoms with Crippen molar-refractivity contribution in [2.45, 2.75) is 6.16 Å². The van der Waals surface area contributed by atoms with Gasteiger partial charge in [0.25, 0.3) is 0 Å². The highest BCUT2D eigenvalue weighted by Crippen LogP contribution is 2.59. The number of rotatable bonds is 5. The fraction of sp³-hybridized carbons (Fsp3) is 0.0500. The maximum Gasteiger partial charge on any atom is 0.367 e. The Bertz CT molecular complexity index is 739. The number of carbonyl (C=O) groups excluding carboxylic acids is 1. The summed E-state index contributed by atoms with van der Waals surface area (Å²) >= 11 is 0. The standard InChI is InChI=1S/C20H18NOP.HI/c21-20(22)23(18-12-6-2-7-13-18,19-14-8-3-9-15-19)16-17-10-4-1-5-11-17;/h1-15H,16H2,(H-,21,22);1H. The van der Waals surface area contributed by atoms with Crippen molar-refractivity contribution in [3.8, 4) is 0 Å². The first-order chi connectivity index (χ1) is 11.2. The van der Waals surface area contributed by atoms with E-state index in [0.717, 1.165) is 16.2 Å². The fourth-order valence-corrected chi connectivity index (χ4v) is 6.34. The highest BCUT2D eigenvalue weighted by molar-refractivity contribution is 8.02. The topological polar surface area (TPSA) is 43.1 Å². The van der Waals surface area contributed by atoms with Crippen LogP contribution < -0.4 is 40.3 Å². The third-order valence-electron chi connectivity index (χ3n) is 4.03. The maximum atomic E-state index is 12.7. The van der Waals surface area contributed by atoms with Crippen molar-refractivity contribution < 1.29 is 28.8 Å². The van der Waals surface area contributed by atoms with Gasteiger partial charge in [-0.25, -0.2) is 4.79 Å². The second-order valence-corrected chi connectivity index (χ2v) is 8.87. The molecule has 122 valence electrons. The normalized spacial score (nSPS) is 10.7. The average Bonchev–Trinajstić information content (AvgIpc) is 2.62. The van der Waals surface area contributed by atoms with Crippen LogP contribution in [0.4, 0.5) is 4.79 Å². The van der Waals surface area contributed by atoms with Crippen molar-refractivity contribution in [3.05, 3.63) is 96.6 Å². The molecule has 4 heteroatoms. The quantitative estimate of drug-likeness (QED) is 0.460. The number of carbonyl (C=O) groups is 1. The summed E-state index contributed by atoms with van der Waals surface area (Å²) in [5.41, 5.74) is 6.90. The Hall–Kier alpha value is -1.71. The summed E-state index contributed by atoms with van der Waals surface area (Å²) < 4.78 is 0. The SMILES string of the molecule is NC(=O)[P+](Cc1ccccc1)(c1ccccc1)c1ccccc1.[I-]. The largest absolute Gasteiger partial charge is 1.00 e. The van der Waals surface area contributed by atoms with Gasteiger partial charge in [0.05, 0.1) is 0 Å². The zero-order chi connectivity index (χ0) is 16.1. The van der Waals surface area contributed by atoms with Gasteiger partial charge in [-0.15, -0.1) is 0 Å². The van der Waals surface area contributed by atoms with E-state index in [1.165, 1.54) is 0 Å². The minimum absolute atomic E-state index is 0. The van der Waals surface area contributed by atoms with E-state index in [2.05, 4.69) is 12.1 Å². The molecule has 0 fully saturated rings. The summed E-state index contributed by atoms with van der Waals surface area (Å²) in [6.45, 7) is 0. The molecular weight excluding hydrogens is 428 g/mol. The molecular formula is C20H19INOP. The highest BCUT2D eigenvalue weighted by Gasteiger charge is 2.49. The molecule has 0 saturated carbocycles. The Morgan fingerprint density at radius 3 is 1.46 bits per heavy atom. The lowest BCUT2D eigenvalue weighted by molar-refractivity contribution is -0.00000740. The van der Waals surface area contributed by atoms with Crippen molar-refractivity contribution in [1.82, 2.24) is 0 Å². The molecule has 0 spiro atoms. The Labute approximate surface area is 160 Å². The van der Waals surface area contributed by atoms with Crippen molar-refractivity contribution in [3.63, 3.8) is 0 Å². The van der Waals surface area contributed by atoms with E-state index in [4.69, 9.17) is 5.73 Å². The average molecular weight is 447 g/mol. The predicted molar refractivity (Wildman–Crippen MR) is 98.8 cm³/mol. The van der Waals surface area contributed by atoms with Gasteiger partial charge in [0, 0.05) is 0 Å². The molecule has 3 rings (SSSR count). The third kappa shape index (κ3) is 3.68. The molecule has 0 saturated heterocycles. The van der Waals surface area contributed by atoms with Crippen LogP contribution >= 0.6 is 7.26 Å². The molecule has 0 unspecified atom stereocenters. The molecule has 0 heterocycles. The van der Waals surface area contributed by atoms with E-state index < -0.39 is 7.26 Å². The molecule has 0 radical (unpaired) electrons. The molecule has 0 aliphatic rings. The van der Waals surface area contributed by atoms with Gasteiger partial charge in [-0.2, -0.15) is 0 Å². The number of hydrogen-bond acceptors (Lipinski definition) is 1. The predicted octanol–water partition coefficient (Wildman–Crippen LogP) is 0.938. The van der Waals surface area contributed by atoms with Gasteiger partial charge >= 0.3 is 5.65 Å². The molecule has 2 nitrogen and oxygen atoms in total.